The molecule has 0 aliphatic heterocycles. The summed E-state index contributed by atoms with van der Waals surface area (Å²) < 4.78 is 4.89. The maximum atomic E-state index is 11.8. The van der Waals surface area contributed by atoms with Crippen LogP contribution in [0.2, 0.25) is 0 Å². The Morgan fingerprint density at radius 3 is 2.65 bits per heavy atom. The number of carbonyl (C=O) groups excluding carboxylic acids is 3. The van der Waals surface area contributed by atoms with Crippen LogP contribution in [0, 0.1) is 12.8 Å². The minimum absolute atomic E-state index is 0.0909. The molecule has 0 spiro atoms. The first-order valence-corrected chi connectivity index (χ1v) is 8.61. The number of esters is 1. The largest absolute Gasteiger partial charge is 0.451 e. The molecule has 7 heteroatoms. The van der Waals surface area contributed by atoms with Crippen molar-refractivity contribution in [3.05, 3.63) is 21.9 Å². The molecule has 2 N–H and O–H groups in total. The van der Waals surface area contributed by atoms with Crippen molar-refractivity contribution in [1.82, 2.24) is 10.6 Å². The fourth-order valence-corrected chi connectivity index (χ4v) is 3.41. The summed E-state index contributed by atoms with van der Waals surface area (Å²) in [6.07, 6.45) is 4.27. The molecule has 0 aromatic carbocycles. The number of amides is 3. The Bertz CT molecular complexity index is 584. The van der Waals surface area contributed by atoms with Crippen molar-refractivity contribution in [2.24, 2.45) is 5.92 Å². The van der Waals surface area contributed by atoms with Gasteiger partial charge in [0.2, 0.25) is 0 Å². The highest BCUT2D eigenvalue weighted by Crippen LogP contribution is 2.23. The van der Waals surface area contributed by atoms with Crippen molar-refractivity contribution in [2.45, 2.75) is 45.6 Å². The van der Waals surface area contributed by atoms with E-state index in [-0.39, 0.29) is 6.04 Å². The van der Waals surface area contributed by atoms with Crippen molar-refractivity contribution in [3.8, 4) is 0 Å². The maximum absolute atomic E-state index is 11.8. The number of carbonyl (C=O) groups is 3. The Labute approximate surface area is 139 Å². The molecule has 23 heavy (non-hydrogen) atoms. The molecule has 0 unspecified atom stereocenters. The number of imide groups is 1. The molecule has 126 valence electrons. The fraction of sp³-hybridized carbons (Fsp3) is 0.562. The number of hydrogen-bond acceptors (Lipinski definition) is 5. The van der Waals surface area contributed by atoms with Crippen LogP contribution >= 0.6 is 11.3 Å². The third-order valence-corrected chi connectivity index (χ3v) is 4.94. The van der Waals surface area contributed by atoms with E-state index in [4.69, 9.17) is 4.74 Å². The van der Waals surface area contributed by atoms with Crippen molar-refractivity contribution in [3.63, 3.8) is 0 Å². The standard InChI is InChI=1S/C16H22N2O4S/c1-10-5-3-4-6-12(10)17-16(21)18-14(19)9-22-15(20)13-8-7-11(2)23-13/h7-8,10,12H,3-6,9H2,1-2H3,(H2,17,18,19,21)/t10-,12+/m0/s1. The van der Waals surface area contributed by atoms with Crippen molar-refractivity contribution < 1.29 is 19.1 Å². The van der Waals surface area contributed by atoms with Gasteiger partial charge in [-0.2, -0.15) is 0 Å². The van der Waals surface area contributed by atoms with Gasteiger partial charge < -0.3 is 10.1 Å². The Balaban J connectivity index is 1.71. The molecular formula is C16H22N2O4S. The summed E-state index contributed by atoms with van der Waals surface area (Å²) in [4.78, 5) is 36.6. The van der Waals surface area contributed by atoms with E-state index in [0.29, 0.717) is 10.8 Å². The molecule has 0 saturated heterocycles. The fourth-order valence-electron chi connectivity index (χ4n) is 2.64. The molecule has 3 amide bonds. The third-order valence-electron chi connectivity index (χ3n) is 3.96. The van der Waals surface area contributed by atoms with Crippen LogP contribution in [0.1, 0.15) is 47.2 Å². The molecular weight excluding hydrogens is 316 g/mol. The van der Waals surface area contributed by atoms with Crippen LogP contribution in [0.25, 0.3) is 0 Å². The first-order valence-electron chi connectivity index (χ1n) is 7.79. The summed E-state index contributed by atoms with van der Waals surface area (Å²) in [5.41, 5.74) is 0. The van der Waals surface area contributed by atoms with E-state index in [1.807, 2.05) is 6.92 Å². The number of hydrogen-bond donors (Lipinski definition) is 2. The highest BCUT2D eigenvalue weighted by atomic mass is 32.1. The molecule has 1 aromatic heterocycles. The van der Waals surface area contributed by atoms with Gasteiger partial charge in [0.15, 0.2) is 6.61 Å². The summed E-state index contributed by atoms with van der Waals surface area (Å²) in [5, 5.41) is 5.01. The molecule has 2 atom stereocenters. The lowest BCUT2D eigenvalue weighted by Crippen LogP contribution is -2.48. The minimum atomic E-state index is -0.632. The second-order valence-electron chi connectivity index (χ2n) is 5.88. The van der Waals surface area contributed by atoms with Crippen molar-refractivity contribution in [2.75, 3.05) is 6.61 Å². The zero-order chi connectivity index (χ0) is 16.8. The number of urea groups is 1. The van der Waals surface area contributed by atoms with E-state index < -0.39 is 24.5 Å². The van der Waals surface area contributed by atoms with Gasteiger partial charge in [-0.15, -0.1) is 11.3 Å². The van der Waals surface area contributed by atoms with Crippen molar-refractivity contribution >= 4 is 29.2 Å². The second kappa shape index (κ2) is 8.10. The molecule has 1 aliphatic carbocycles. The van der Waals surface area contributed by atoms with Gasteiger partial charge in [0.1, 0.15) is 4.88 Å². The van der Waals surface area contributed by atoms with E-state index in [2.05, 4.69) is 17.6 Å². The topological polar surface area (TPSA) is 84.5 Å². The normalized spacial score (nSPS) is 20.6. The number of ether oxygens (including phenoxy) is 1. The van der Waals surface area contributed by atoms with Crippen LogP contribution in [-0.4, -0.2) is 30.6 Å². The summed E-state index contributed by atoms with van der Waals surface area (Å²) in [5.74, 6) is -0.781. The highest BCUT2D eigenvalue weighted by Gasteiger charge is 2.23. The molecule has 6 nitrogen and oxygen atoms in total. The predicted octanol–water partition coefficient (Wildman–Crippen LogP) is 2.62. The van der Waals surface area contributed by atoms with Gasteiger partial charge in [0.05, 0.1) is 0 Å². The first-order chi connectivity index (χ1) is 11.0. The quantitative estimate of drug-likeness (QED) is 0.827. The first kappa shape index (κ1) is 17.5. The van der Waals surface area contributed by atoms with Gasteiger partial charge in [-0.05, 0) is 37.8 Å². The number of rotatable bonds is 4. The maximum Gasteiger partial charge on any atom is 0.348 e. The van der Waals surface area contributed by atoms with E-state index in [1.165, 1.54) is 17.8 Å². The summed E-state index contributed by atoms with van der Waals surface area (Å²) >= 11 is 1.30. The van der Waals surface area contributed by atoms with E-state index in [0.717, 1.165) is 24.1 Å². The van der Waals surface area contributed by atoms with Gasteiger partial charge in [0.25, 0.3) is 5.91 Å². The summed E-state index contributed by atoms with van der Waals surface area (Å²) in [6, 6.07) is 3.02. The van der Waals surface area contributed by atoms with Crippen LogP contribution in [0.15, 0.2) is 12.1 Å². The SMILES string of the molecule is Cc1ccc(C(=O)OCC(=O)NC(=O)N[C@@H]2CCCC[C@@H]2C)s1. The minimum Gasteiger partial charge on any atom is -0.451 e. The number of thiophene rings is 1. The average molecular weight is 338 g/mol. The van der Waals surface area contributed by atoms with Crippen LogP contribution in [0.5, 0.6) is 0 Å². The summed E-state index contributed by atoms with van der Waals surface area (Å²) in [6.45, 7) is 3.50. The lowest BCUT2D eigenvalue weighted by Gasteiger charge is -2.29. The van der Waals surface area contributed by atoms with E-state index >= 15 is 0 Å². The molecule has 1 heterocycles. The molecule has 1 fully saturated rings. The second-order valence-corrected chi connectivity index (χ2v) is 7.16. The van der Waals surface area contributed by atoms with Gasteiger partial charge in [-0.1, -0.05) is 19.8 Å². The van der Waals surface area contributed by atoms with E-state index in [1.54, 1.807) is 12.1 Å². The highest BCUT2D eigenvalue weighted by molar-refractivity contribution is 7.13. The van der Waals surface area contributed by atoms with Crippen LogP contribution in [0.4, 0.5) is 4.79 Å². The van der Waals surface area contributed by atoms with Crippen LogP contribution in [-0.2, 0) is 9.53 Å². The monoisotopic (exact) mass is 338 g/mol. The molecule has 0 radical (unpaired) electrons. The molecule has 1 aromatic rings. The zero-order valence-corrected chi connectivity index (χ0v) is 14.2. The lowest BCUT2D eigenvalue weighted by atomic mass is 9.86. The van der Waals surface area contributed by atoms with Gasteiger partial charge >= 0.3 is 12.0 Å². The Morgan fingerprint density at radius 1 is 1.26 bits per heavy atom. The van der Waals surface area contributed by atoms with Crippen molar-refractivity contribution in [1.29, 1.82) is 0 Å². The van der Waals surface area contributed by atoms with Gasteiger partial charge in [-0.3, -0.25) is 10.1 Å². The summed E-state index contributed by atoms with van der Waals surface area (Å²) in [7, 11) is 0. The molecule has 0 bridgehead atoms. The Morgan fingerprint density at radius 2 is 2.00 bits per heavy atom. The van der Waals surface area contributed by atoms with E-state index in [9.17, 15) is 14.4 Å². The van der Waals surface area contributed by atoms with Gasteiger partial charge in [0, 0.05) is 10.9 Å². The lowest BCUT2D eigenvalue weighted by molar-refractivity contribution is -0.123. The molecule has 1 saturated carbocycles. The number of aryl methyl sites for hydroxylation is 1. The predicted molar refractivity (Wildman–Crippen MR) is 87.4 cm³/mol. The zero-order valence-electron chi connectivity index (χ0n) is 13.4. The Kier molecular flexibility index (Phi) is 6.15. The number of nitrogens with one attached hydrogen (secondary N) is 2. The average Bonchev–Trinajstić information content (AvgIpc) is 2.94. The van der Waals surface area contributed by atoms with Gasteiger partial charge in [-0.25, -0.2) is 9.59 Å². The third kappa shape index (κ3) is 5.35. The smallest absolute Gasteiger partial charge is 0.348 e. The van der Waals surface area contributed by atoms with Crippen LogP contribution < -0.4 is 10.6 Å². The molecule has 1 aliphatic rings. The Hall–Kier alpha value is -1.89. The van der Waals surface area contributed by atoms with Crippen LogP contribution in [0.3, 0.4) is 0 Å². The molecule has 2 rings (SSSR count).